The van der Waals surface area contributed by atoms with Crippen molar-refractivity contribution in [2.45, 2.75) is 251 Å². The van der Waals surface area contributed by atoms with E-state index in [1.165, 1.54) is 154 Å². The van der Waals surface area contributed by atoms with Gasteiger partial charge in [-0.25, -0.2) is 0 Å². The standard InChI is InChI=1S/C45H85NO5/c1-3-5-7-9-11-13-14-15-16-17-18-19-20-21-22-23-24-25-27-32-36-40-45(50)51-42(37-33-29-26-12-10-8-6-4-2)38-34-30-28-31-35-39-43(47)46-41-44(48)49/h17-18,42H,3-16,19-41H2,1-2H3,(H,46,47)(H,48,49)/b18-17-. The van der Waals surface area contributed by atoms with Gasteiger partial charge in [-0.1, -0.05) is 180 Å². The largest absolute Gasteiger partial charge is 0.480 e. The molecule has 0 aromatic carbocycles. The van der Waals surface area contributed by atoms with Gasteiger partial charge in [0.1, 0.15) is 12.6 Å². The van der Waals surface area contributed by atoms with Crippen molar-refractivity contribution in [2.75, 3.05) is 6.54 Å². The maximum absolute atomic E-state index is 12.7. The van der Waals surface area contributed by atoms with E-state index in [-0.39, 0.29) is 24.5 Å². The third-order valence-corrected chi connectivity index (χ3v) is 10.2. The first-order chi connectivity index (χ1) is 25.0. The summed E-state index contributed by atoms with van der Waals surface area (Å²) in [7, 11) is 0. The molecule has 0 bridgehead atoms. The second-order valence-corrected chi connectivity index (χ2v) is 15.3. The maximum atomic E-state index is 12.7. The molecule has 1 atom stereocenters. The van der Waals surface area contributed by atoms with Crippen molar-refractivity contribution in [1.82, 2.24) is 5.32 Å². The zero-order chi connectivity index (χ0) is 37.3. The maximum Gasteiger partial charge on any atom is 0.322 e. The number of nitrogens with one attached hydrogen (secondary N) is 1. The zero-order valence-electron chi connectivity index (χ0n) is 34.0. The van der Waals surface area contributed by atoms with Crippen LogP contribution >= 0.6 is 0 Å². The van der Waals surface area contributed by atoms with E-state index in [9.17, 15) is 14.4 Å². The van der Waals surface area contributed by atoms with Gasteiger partial charge in [0.15, 0.2) is 0 Å². The molecule has 300 valence electrons. The lowest BCUT2D eigenvalue weighted by molar-refractivity contribution is -0.150. The number of hydrogen-bond donors (Lipinski definition) is 2. The summed E-state index contributed by atoms with van der Waals surface area (Å²) < 4.78 is 6.01. The molecule has 0 aromatic heterocycles. The SMILES string of the molecule is CCCCCCCCCC/C=C\CCCCCCCCCCCC(=O)OC(CCCCCCCCCC)CCCCCCCC(=O)NCC(=O)O. The minimum absolute atomic E-state index is 0.0150. The molecule has 0 fully saturated rings. The van der Waals surface area contributed by atoms with Gasteiger partial charge in [-0.15, -0.1) is 0 Å². The second-order valence-electron chi connectivity index (χ2n) is 15.3. The molecule has 0 heterocycles. The van der Waals surface area contributed by atoms with E-state index in [0.29, 0.717) is 12.8 Å². The lowest BCUT2D eigenvalue weighted by atomic mass is 10.0. The Balaban J connectivity index is 3.94. The van der Waals surface area contributed by atoms with E-state index in [1.807, 2.05) is 0 Å². The van der Waals surface area contributed by atoms with Crippen LogP contribution in [-0.4, -0.2) is 35.6 Å². The Morgan fingerprint density at radius 2 is 0.843 bits per heavy atom. The molecule has 0 saturated heterocycles. The highest BCUT2D eigenvalue weighted by Crippen LogP contribution is 2.19. The first-order valence-electron chi connectivity index (χ1n) is 22.3. The Bertz CT molecular complexity index is 797. The van der Waals surface area contributed by atoms with Crippen molar-refractivity contribution in [2.24, 2.45) is 0 Å². The highest BCUT2D eigenvalue weighted by molar-refractivity contribution is 5.80. The fraction of sp³-hybridized carbons (Fsp3) is 0.889. The van der Waals surface area contributed by atoms with Crippen molar-refractivity contribution in [3.8, 4) is 0 Å². The number of esters is 1. The molecule has 0 aliphatic heterocycles. The van der Waals surface area contributed by atoms with E-state index in [4.69, 9.17) is 9.84 Å². The molecule has 0 saturated carbocycles. The van der Waals surface area contributed by atoms with E-state index in [0.717, 1.165) is 64.2 Å². The minimum atomic E-state index is -1.01. The van der Waals surface area contributed by atoms with Crippen LogP contribution in [-0.2, 0) is 19.1 Å². The Hall–Kier alpha value is -1.85. The van der Waals surface area contributed by atoms with Crippen LogP contribution in [0.1, 0.15) is 245 Å². The van der Waals surface area contributed by atoms with Crippen LogP contribution in [0, 0.1) is 0 Å². The number of amides is 1. The van der Waals surface area contributed by atoms with Crippen molar-refractivity contribution in [3.63, 3.8) is 0 Å². The Labute approximate surface area is 316 Å². The number of carbonyl (C=O) groups is 3. The molecule has 6 nitrogen and oxygen atoms in total. The zero-order valence-corrected chi connectivity index (χ0v) is 34.0. The topological polar surface area (TPSA) is 92.7 Å². The van der Waals surface area contributed by atoms with Gasteiger partial charge in [0.05, 0.1) is 0 Å². The molecule has 0 aliphatic rings. The van der Waals surface area contributed by atoms with Crippen LogP contribution in [0.2, 0.25) is 0 Å². The van der Waals surface area contributed by atoms with Gasteiger partial charge in [-0.05, 0) is 64.2 Å². The summed E-state index contributed by atoms with van der Waals surface area (Å²) in [5.74, 6) is -1.22. The molecular formula is C45H85NO5. The number of aliphatic carboxylic acids is 1. The van der Waals surface area contributed by atoms with Gasteiger partial charge in [0.25, 0.3) is 0 Å². The van der Waals surface area contributed by atoms with E-state index in [2.05, 4.69) is 31.3 Å². The highest BCUT2D eigenvalue weighted by atomic mass is 16.5. The number of carboxylic acids is 1. The lowest BCUT2D eigenvalue weighted by Crippen LogP contribution is -2.28. The first-order valence-corrected chi connectivity index (χ1v) is 22.3. The smallest absolute Gasteiger partial charge is 0.322 e. The van der Waals surface area contributed by atoms with Gasteiger partial charge < -0.3 is 15.2 Å². The molecule has 0 rings (SSSR count). The Morgan fingerprint density at radius 3 is 1.25 bits per heavy atom. The third-order valence-electron chi connectivity index (χ3n) is 10.2. The van der Waals surface area contributed by atoms with Gasteiger partial charge in [0, 0.05) is 12.8 Å². The summed E-state index contributed by atoms with van der Waals surface area (Å²) in [4.78, 5) is 35.0. The number of allylic oxidation sites excluding steroid dienone is 2. The number of unbranched alkanes of at least 4 members (excludes halogenated alkanes) is 28. The van der Waals surface area contributed by atoms with Crippen LogP contribution in [0.15, 0.2) is 12.2 Å². The van der Waals surface area contributed by atoms with Gasteiger partial charge in [-0.2, -0.15) is 0 Å². The van der Waals surface area contributed by atoms with Crippen LogP contribution in [0.25, 0.3) is 0 Å². The van der Waals surface area contributed by atoms with Crippen LogP contribution in [0.3, 0.4) is 0 Å². The molecule has 1 unspecified atom stereocenters. The molecule has 0 radical (unpaired) electrons. The average Bonchev–Trinajstić information content (AvgIpc) is 3.11. The molecule has 0 spiro atoms. The monoisotopic (exact) mass is 720 g/mol. The minimum Gasteiger partial charge on any atom is -0.480 e. The van der Waals surface area contributed by atoms with Crippen LogP contribution < -0.4 is 5.32 Å². The lowest BCUT2D eigenvalue weighted by Gasteiger charge is -2.18. The predicted octanol–water partition coefficient (Wildman–Crippen LogP) is 13.7. The van der Waals surface area contributed by atoms with Gasteiger partial charge in [0.2, 0.25) is 5.91 Å². The Morgan fingerprint density at radius 1 is 0.490 bits per heavy atom. The van der Waals surface area contributed by atoms with Crippen molar-refractivity contribution in [1.29, 1.82) is 0 Å². The number of carbonyl (C=O) groups excluding carboxylic acids is 2. The Kier molecular flexibility index (Phi) is 39.4. The van der Waals surface area contributed by atoms with Gasteiger partial charge in [-0.3, -0.25) is 14.4 Å². The van der Waals surface area contributed by atoms with Crippen LogP contribution in [0.4, 0.5) is 0 Å². The third kappa shape index (κ3) is 40.8. The quantitative estimate of drug-likeness (QED) is 0.0373. The fourth-order valence-corrected chi connectivity index (χ4v) is 6.86. The molecule has 6 heteroatoms. The van der Waals surface area contributed by atoms with Crippen molar-refractivity contribution < 1.29 is 24.2 Å². The molecule has 0 aliphatic carbocycles. The molecule has 0 aromatic rings. The second kappa shape index (κ2) is 40.9. The number of ether oxygens (including phenoxy) is 1. The van der Waals surface area contributed by atoms with E-state index < -0.39 is 5.97 Å². The number of carboxylic acid groups (broad SMARTS) is 1. The average molecular weight is 720 g/mol. The summed E-state index contributed by atoms with van der Waals surface area (Å²) in [5, 5.41) is 11.1. The van der Waals surface area contributed by atoms with Crippen molar-refractivity contribution in [3.05, 3.63) is 12.2 Å². The molecule has 2 N–H and O–H groups in total. The molecule has 1 amide bonds. The summed E-state index contributed by atoms with van der Waals surface area (Å²) in [6, 6.07) is 0. The van der Waals surface area contributed by atoms with Crippen molar-refractivity contribution >= 4 is 17.8 Å². The number of rotatable bonds is 41. The molecule has 51 heavy (non-hydrogen) atoms. The van der Waals surface area contributed by atoms with E-state index >= 15 is 0 Å². The fourth-order valence-electron chi connectivity index (χ4n) is 6.86. The summed E-state index contributed by atoms with van der Waals surface area (Å²) in [5.41, 5.74) is 0. The predicted molar refractivity (Wildman–Crippen MR) is 217 cm³/mol. The number of hydrogen-bond acceptors (Lipinski definition) is 4. The summed E-state index contributed by atoms with van der Waals surface area (Å²) >= 11 is 0. The van der Waals surface area contributed by atoms with Gasteiger partial charge >= 0.3 is 11.9 Å². The summed E-state index contributed by atoms with van der Waals surface area (Å²) in [6.07, 6.45) is 47.8. The van der Waals surface area contributed by atoms with Crippen LogP contribution in [0.5, 0.6) is 0 Å². The first kappa shape index (κ1) is 49.1. The summed E-state index contributed by atoms with van der Waals surface area (Å²) in [6.45, 7) is 4.23. The molecular weight excluding hydrogens is 634 g/mol. The highest BCUT2D eigenvalue weighted by Gasteiger charge is 2.14. The van der Waals surface area contributed by atoms with E-state index in [1.54, 1.807) is 0 Å². The normalized spacial score (nSPS) is 12.0.